The summed E-state index contributed by atoms with van der Waals surface area (Å²) >= 11 is 0. The number of rotatable bonds is 0. The Morgan fingerprint density at radius 2 is 1.50 bits per heavy atom. The van der Waals surface area contributed by atoms with E-state index < -0.39 is 0 Å². The minimum Gasteiger partial charge on any atom is -0.361 e. The van der Waals surface area contributed by atoms with Gasteiger partial charge in [-0.05, 0) is 13.8 Å². The maximum absolute atomic E-state index is 8.68. The summed E-state index contributed by atoms with van der Waals surface area (Å²) in [6.45, 7) is 3.69. The average molecular weight is 159 g/mol. The van der Waals surface area contributed by atoms with Gasteiger partial charge in [0.1, 0.15) is 0 Å². The van der Waals surface area contributed by atoms with Crippen LogP contribution in [-0.2, 0) is 0 Å². The monoisotopic (exact) mass is 159 g/mol. The lowest BCUT2D eigenvalue weighted by Gasteiger charge is -2.16. The lowest BCUT2D eigenvalue weighted by Crippen LogP contribution is -2.17. The highest BCUT2D eigenvalue weighted by atomic mass is 14.9. The molecule has 60 valence electrons. The van der Waals surface area contributed by atoms with Crippen molar-refractivity contribution >= 4 is 0 Å². The molecule has 0 fully saturated rings. The molecule has 0 amide bonds. The molecule has 0 saturated carbocycles. The second-order valence-corrected chi connectivity index (χ2v) is 2.73. The second-order valence-electron chi connectivity index (χ2n) is 2.73. The van der Waals surface area contributed by atoms with Crippen molar-refractivity contribution in [1.29, 1.82) is 10.5 Å². The Morgan fingerprint density at radius 1 is 1.08 bits per heavy atom. The lowest BCUT2D eigenvalue weighted by molar-refractivity contribution is 0.875. The summed E-state index contributed by atoms with van der Waals surface area (Å²) in [5.74, 6) is 0. The van der Waals surface area contributed by atoms with Gasteiger partial charge in [0.2, 0.25) is 0 Å². The predicted molar refractivity (Wildman–Crippen MR) is 44.4 cm³/mol. The van der Waals surface area contributed by atoms with Crippen LogP contribution in [0.4, 0.5) is 0 Å². The maximum Gasteiger partial charge on any atom is 0.0969 e. The third-order valence-electron chi connectivity index (χ3n) is 1.90. The molecule has 0 aromatic heterocycles. The van der Waals surface area contributed by atoms with Crippen molar-refractivity contribution in [2.75, 3.05) is 0 Å². The maximum atomic E-state index is 8.68. The summed E-state index contributed by atoms with van der Waals surface area (Å²) in [5, 5.41) is 20.4. The van der Waals surface area contributed by atoms with Crippen LogP contribution < -0.4 is 5.32 Å². The Kier molecular flexibility index (Phi) is 2.16. The molecule has 12 heavy (non-hydrogen) atoms. The molecular formula is C9H9N3. The van der Waals surface area contributed by atoms with Crippen molar-refractivity contribution < 1.29 is 0 Å². The lowest BCUT2D eigenvalue weighted by atomic mass is 10.0. The number of allylic oxidation sites excluding steroid dienone is 4. The first-order valence-electron chi connectivity index (χ1n) is 3.65. The molecule has 0 bridgehead atoms. The van der Waals surface area contributed by atoms with E-state index in [0.29, 0.717) is 17.6 Å². The molecule has 0 aromatic rings. The van der Waals surface area contributed by atoms with Crippen LogP contribution in [0.25, 0.3) is 0 Å². The molecule has 0 atom stereocenters. The van der Waals surface area contributed by atoms with Crippen LogP contribution in [0, 0.1) is 22.7 Å². The number of nitrogens with one attached hydrogen (secondary N) is 1. The second kappa shape index (κ2) is 3.11. The van der Waals surface area contributed by atoms with Crippen molar-refractivity contribution in [3.63, 3.8) is 0 Å². The molecule has 0 radical (unpaired) electrons. The fourth-order valence-corrected chi connectivity index (χ4v) is 1.12. The topological polar surface area (TPSA) is 59.6 Å². The molecule has 1 heterocycles. The zero-order chi connectivity index (χ0) is 9.14. The SMILES string of the molecule is CC1=C(C#N)CC(C#N)=C(C)N1. The van der Waals surface area contributed by atoms with E-state index in [2.05, 4.69) is 17.5 Å². The van der Waals surface area contributed by atoms with Gasteiger partial charge in [-0.2, -0.15) is 10.5 Å². The zero-order valence-electron chi connectivity index (χ0n) is 7.10. The number of hydrogen-bond donors (Lipinski definition) is 1. The highest BCUT2D eigenvalue weighted by molar-refractivity contribution is 5.43. The van der Waals surface area contributed by atoms with Gasteiger partial charge in [0.25, 0.3) is 0 Å². The molecule has 0 unspecified atom stereocenters. The molecular weight excluding hydrogens is 150 g/mol. The summed E-state index contributed by atoms with van der Waals surface area (Å²) in [7, 11) is 0. The molecule has 0 aromatic carbocycles. The van der Waals surface area contributed by atoms with E-state index in [-0.39, 0.29) is 0 Å². The summed E-state index contributed by atoms with van der Waals surface area (Å²) in [5.41, 5.74) is 3.01. The van der Waals surface area contributed by atoms with E-state index in [9.17, 15) is 0 Å². The quantitative estimate of drug-likeness (QED) is 0.583. The predicted octanol–water partition coefficient (Wildman–Crippen LogP) is 1.57. The third-order valence-corrected chi connectivity index (χ3v) is 1.90. The first-order valence-corrected chi connectivity index (χ1v) is 3.65. The first kappa shape index (κ1) is 8.36. The molecule has 0 spiro atoms. The summed E-state index contributed by atoms with van der Waals surface area (Å²) in [6, 6.07) is 4.14. The van der Waals surface area contributed by atoms with Crippen LogP contribution in [0.3, 0.4) is 0 Å². The first-order chi connectivity index (χ1) is 5.69. The Balaban J connectivity index is 2.98. The van der Waals surface area contributed by atoms with Gasteiger partial charge < -0.3 is 5.32 Å². The Labute approximate surface area is 71.6 Å². The van der Waals surface area contributed by atoms with Crippen LogP contribution in [0.15, 0.2) is 22.5 Å². The summed E-state index contributed by atoms with van der Waals surface area (Å²) in [6.07, 6.45) is 0.470. The van der Waals surface area contributed by atoms with Crippen molar-refractivity contribution in [3.8, 4) is 12.1 Å². The van der Waals surface area contributed by atoms with E-state index in [4.69, 9.17) is 10.5 Å². The van der Waals surface area contributed by atoms with Crippen LogP contribution in [0.5, 0.6) is 0 Å². The van der Waals surface area contributed by atoms with Gasteiger partial charge in [-0.3, -0.25) is 0 Å². The van der Waals surface area contributed by atoms with Crippen molar-refractivity contribution in [1.82, 2.24) is 5.32 Å². The smallest absolute Gasteiger partial charge is 0.0969 e. The molecule has 1 aliphatic rings. The molecule has 3 heteroatoms. The van der Waals surface area contributed by atoms with E-state index in [1.165, 1.54) is 0 Å². The van der Waals surface area contributed by atoms with Gasteiger partial charge in [0, 0.05) is 17.8 Å². The summed E-state index contributed by atoms with van der Waals surface area (Å²) in [4.78, 5) is 0. The normalized spacial score (nSPS) is 16.7. The van der Waals surface area contributed by atoms with Crippen molar-refractivity contribution in [2.45, 2.75) is 20.3 Å². The van der Waals surface area contributed by atoms with Gasteiger partial charge in [-0.15, -0.1) is 0 Å². The molecule has 1 aliphatic heterocycles. The fraction of sp³-hybridized carbons (Fsp3) is 0.333. The highest BCUT2D eigenvalue weighted by Crippen LogP contribution is 2.20. The summed E-state index contributed by atoms with van der Waals surface area (Å²) < 4.78 is 0. The Bertz CT molecular complexity index is 313. The minimum atomic E-state index is 0.470. The third kappa shape index (κ3) is 1.31. The standard InChI is InChI=1S/C9H9N3/c1-6-8(4-10)3-9(5-11)7(2)12-6/h12H,3H2,1-2H3. The molecule has 0 saturated heterocycles. The number of dihydropyridines is 1. The largest absolute Gasteiger partial charge is 0.361 e. The highest BCUT2D eigenvalue weighted by Gasteiger charge is 2.14. The van der Waals surface area contributed by atoms with Gasteiger partial charge in [-0.25, -0.2) is 0 Å². The minimum absolute atomic E-state index is 0.470. The van der Waals surface area contributed by atoms with Gasteiger partial charge in [0.15, 0.2) is 0 Å². The van der Waals surface area contributed by atoms with E-state index >= 15 is 0 Å². The fourth-order valence-electron chi connectivity index (χ4n) is 1.12. The number of hydrogen-bond acceptors (Lipinski definition) is 3. The average Bonchev–Trinajstić information content (AvgIpc) is 2.05. The van der Waals surface area contributed by atoms with E-state index in [1.54, 1.807) is 0 Å². The molecule has 3 nitrogen and oxygen atoms in total. The zero-order valence-corrected chi connectivity index (χ0v) is 7.10. The van der Waals surface area contributed by atoms with Crippen LogP contribution >= 0.6 is 0 Å². The van der Waals surface area contributed by atoms with Crippen molar-refractivity contribution in [2.24, 2.45) is 0 Å². The van der Waals surface area contributed by atoms with Crippen LogP contribution in [0.2, 0.25) is 0 Å². The number of nitrogens with zero attached hydrogens (tertiary/aromatic N) is 2. The van der Waals surface area contributed by atoms with Crippen LogP contribution in [-0.4, -0.2) is 0 Å². The van der Waals surface area contributed by atoms with Gasteiger partial charge >= 0.3 is 0 Å². The van der Waals surface area contributed by atoms with Crippen LogP contribution in [0.1, 0.15) is 20.3 Å². The van der Waals surface area contributed by atoms with E-state index in [0.717, 1.165) is 11.4 Å². The van der Waals surface area contributed by atoms with Gasteiger partial charge in [-0.1, -0.05) is 0 Å². The van der Waals surface area contributed by atoms with E-state index in [1.807, 2.05) is 13.8 Å². The molecule has 1 N–H and O–H groups in total. The molecule has 1 rings (SSSR count). The van der Waals surface area contributed by atoms with Gasteiger partial charge in [0.05, 0.1) is 23.3 Å². The Morgan fingerprint density at radius 3 is 1.83 bits per heavy atom. The Hall–Kier alpha value is -1.74. The van der Waals surface area contributed by atoms with Crippen molar-refractivity contribution in [3.05, 3.63) is 22.5 Å². The molecule has 0 aliphatic carbocycles. The number of nitriles is 2.